The van der Waals surface area contributed by atoms with Crippen LogP contribution in [0.5, 0.6) is 5.75 Å². The molecule has 4 aromatic rings. The molecule has 0 saturated heterocycles. The first-order valence-corrected chi connectivity index (χ1v) is 10.3. The van der Waals surface area contributed by atoms with Gasteiger partial charge in [0, 0.05) is 13.6 Å². The molecule has 0 saturated carbocycles. The maximum absolute atomic E-state index is 12.6. The minimum Gasteiger partial charge on any atom is -0.497 e. The van der Waals surface area contributed by atoms with Crippen molar-refractivity contribution < 1.29 is 13.9 Å². The average molecular weight is 423 g/mol. The fourth-order valence-electron chi connectivity index (χ4n) is 3.05. The maximum Gasteiger partial charge on any atom is 0.233 e. The molecule has 8 nitrogen and oxygen atoms in total. The van der Waals surface area contributed by atoms with Crippen LogP contribution in [0.15, 0.2) is 64.4 Å². The summed E-state index contributed by atoms with van der Waals surface area (Å²) in [6.07, 6.45) is 1.61. The van der Waals surface area contributed by atoms with Crippen molar-refractivity contribution in [1.82, 2.24) is 25.1 Å². The van der Waals surface area contributed by atoms with Crippen molar-refractivity contribution in [1.29, 1.82) is 0 Å². The lowest BCUT2D eigenvalue weighted by atomic mass is 10.1. The van der Waals surface area contributed by atoms with Crippen LogP contribution in [0.25, 0.3) is 10.8 Å². The molecule has 2 aromatic heterocycles. The Hall–Kier alpha value is -3.33. The molecule has 0 aliphatic carbocycles. The molecule has 0 aliphatic heterocycles. The zero-order valence-electron chi connectivity index (χ0n) is 16.7. The molecule has 4 rings (SSSR count). The van der Waals surface area contributed by atoms with E-state index in [1.165, 1.54) is 11.8 Å². The van der Waals surface area contributed by atoms with Gasteiger partial charge >= 0.3 is 0 Å². The van der Waals surface area contributed by atoms with Crippen molar-refractivity contribution in [2.24, 2.45) is 0 Å². The number of tetrazole rings is 1. The number of carbonyl (C=O) groups is 1. The number of rotatable bonds is 8. The summed E-state index contributed by atoms with van der Waals surface area (Å²) in [4.78, 5) is 14.3. The minimum atomic E-state index is 0.00220. The number of carbonyl (C=O) groups excluding carboxylic acids is 1. The number of fused-ring (bicyclic) bond motifs is 1. The number of hydrogen-bond donors (Lipinski definition) is 0. The summed E-state index contributed by atoms with van der Waals surface area (Å²) in [6, 6.07) is 15.8. The third kappa shape index (κ3) is 4.62. The van der Waals surface area contributed by atoms with Gasteiger partial charge < -0.3 is 14.1 Å². The highest BCUT2D eigenvalue weighted by atomic mass is 32.2. The monoisotopic (exact) mass is 423 g/mol. The van der Waals surface area contributed by atoms with Gasteiger partial charge in [0.1, 0.15) is 18.1 Å². The standard InChI is InChI=1S/C21H21N5O3S/c1-25(12-15-5-6-17-11-18(28-2)8-7-16(17)10-15)20(27)14-30-21-22-23-24-26(21)13-19-4-3-9-29-19/h3-11H,12-14H2,1-2H3. The molecule has 0 radical (unpaired) electrons. The van der Waals surface area contributed by atoms with Crippen molar-refractivity contribution in [2.45, 2.75) is 18.2 Å². The summed E-state index contributed by atoms with van der Waals surface area (Å²) in [7, 11) is 3.45. The number of hydrogen-bond acceptors (Lipinski definition) is 7. The van der Waals surface area contributed by atoms with E-state index in [2.05, 4.69) is 21.6 Å². The van der Waals surface area contributed by atoms with Gasteiger partial charge in [-0.1, -0.05) is 30.0 Å². The molecule has 0 spiro atoms. The Bertz CT molecular complexity index is 1140. The molecule has 2 aromatic carbocycles. The molecule has 0 bridgehead atoms. The number of methoxy groups -OCH3 is 1. The first-order chi connectivity index (χ1) is 14.6. The fourth-order valence-corrected chi connectivity index (χ4v) is 3.86. The summed E-state index contributed by atoms with van der Waals surface area (Å²) in [5, 5.41) is 14.5. The molecule has 1 amide bonds. The molecule has 9 heteroatoms. The summed E-state index contributed by atoms with van der Waals surface area (Å²) in [5.41, 5.74) is 1.07. The van der Waals surface area contributed by atoms with Gasteiger partial charge in [0.15, 0.2) is 0 Å². The maximum atomic E-state index is 12.6. The van der Waals surface area contributed by atoms with E-state index in [0.29, 0.717) is 18.2 Å². The Balaban J connectivity index is 1.35. The summed E-state index contributed by atoms with van der Waals surface area (Å²) in [5.74, 6) is 1.83. The van der Waals surface area contributed by atoms with Crippen molar-refractivity contribution >= 4 is 28.4 Å². The van der Waals surface area contributed by atoms with Gasteiger partial charge in [-0.3, -0.25) is 4.79 Å². The lowest BCUT2D eigenvalue weighted by Crippen LogP contribution is -2.28. The van der Waals surface area contributed by atoms with Gasteiger partial charge in [0.05, 0.1) is 19.1 Å². The molecule has 0 atom stereocenters. The Labute approximate surface area is 177 Å². The highest BCUT2D eigenvalue weighted by Gasteiger charge is 2.14. The Morgan fingerprint density at radius 2 is 2.03 bits per heavy atom. The van der Waals surface area contributed by atoms with Crippen LogP contribution in [0.3, 0.4) is 0 Å². The van der Waals surface area contributed by atoms with E-state index >= 15 is 0 Å². The number of aromatic nitrogens is 4. The van der Waals surface area contributed by atoms with E-state index in [4.69, 9.17) is 9.15 Å². The molecule has 0 fully saturated rings. The molecule has 0 N–H and O–H groups in total. The number of amides is 1. The predicted octanol–water partition coefficient (Wildman–Crippen LogP) is 3.23. The van der Waals surface area contributed by atoms with Crippen LogP contribution in [0.2, 0.25) is 0 Å². The molecule has 0 unspecified atom stereocenters. The lowest BCUT2D eigenvalue weighted by molar-refractivity contribution is -0.127. The second-order valence-corrected chi connectivity index (χ2v) is 7.73. The van der Waals surface area contributed by atoms with Crippen LogP contribution < -0.4 is 4.74 Å². The highest BCUT2D eigenvalue weighted by molar-refractivity contribution is 7.99. The molecular formula is C21H21N5O3S. The summed E-state index contributed by atoms with van der Waals surface area (Å²) < 4.78 is 12.2. The minimum absolute atomic E-state index is 0.00220. The summed E-state index contributed by atoms with van der Waals surface area (Å²) >= 11 is 1.31. The molecule has 30 heavy (non-hydrogen) atoms. The van der Waals surface area contributed by atoms with E-state index in [1.807, 2.05) is 42.5 Å². The number of thioether (sulfide) groups is 1. The van der Waals surface area contributed by atoms with E-state index in [0.717, 1.165) is 27.8 Å². The van der Waals surface area contributed by atoms with Gasteiger partial charge in [0.25, 0.3) is 0 Å². The van der Waals surface area contributed by atoms with Crippen LogP contribution in [0.4, 0.5) is 0 Å². The van der Waals surface area contributed by atoms with Crippen LogP contribution in [0, 0.1) is 0 Å². The third-order valence-electron chi connectivity index (χ3n) is 4.67. The normalized spacial score (nSPS) is 11.0. The topological polar surface area (TPSA) is 86.3 Å². The van der Waals surface area contributed by atoms with Gasteiger partial charge in [-0.25, -0.2) is 4.68 Å². The van der Waals surface area contributed by atoms with Crippen LogP contribution in [-0.4, -0.2) is 50.9 Å². The van der Waals surface area contributed by atoms with E-state index in [1.54, 1.807) is 30.0 Å². The first kappa shape index (κ1) is 20.0. The van der Waals surface area contributed by atoms with Crippen LogP contribution >= 0.6 is 11.8 Å². The van der Waals surface area contributed by atoms with Crippen molar-refractivity contribution in [2.75, 3.05) is 19.9 Å². The number of benzene rings is 2. The molecule has 0 aliphatic rings. The Kier molecular flexibility index (Phi) is 5.99. The third-order valence-corrected chi connectivity index (χ3v) is 5.61. The first-order valence-electron chi connectivity index (χ1n) is 9.34. The highest BCUT2D eigenvalue weighted by Crippen LogP contribution is 2.23. The van der Waals surface area contributed by atoms with E-state index in [9.17, 15) is 4.79 Å². The lowest BCUT2D eigenvalue weighted by Gasteiger charge is -2.17. The van der Waals surface area contributed by atoms with Gasteiger partial charge in [0.2, 0.25) is 11.1 Å². The second kappa shape index (κ2) is 9.00. The number of ether oxygens (including phenoxy) is 1. The number of nitrogens with zero attached hydrogens (tertiary/aromatic N) is 5. The molecule has 2 heterocycles. The fraction of sp³-hybridized carbons (Fsp3) is 0.238. The average Bonchev–Trinajstić information content (AvgIpc) is 3.44. The van der Waals surface area contributed by atoms with Crippen LogP contribution in [-0.2, 0) is 17.9 Å². The quantitative estimate of drug-likeness (QED) is 0.402. The Morgan fingerprint density at radius 1 is 1.20 bits per heavy atom. The predicted molar refractivity (Wildman–Crippen MR) is 113 cm³/mol. The van der Waals surface area contributed by atoms with Crippen molar-refractivity contribution in [3.05, 3.63) is 66.1 Å². The van der Waals surface area contributed by atoms with Crippen LogP contribution in [0.1, 0.15) is 11.3 Å². The van der Waals surface area contributed by atoms with Gasteiger partial charge in [-0.2, -0.15) is 0 Å². The van der Waals surface area contributed by atoms with Gasteiger partial charge in [-0.05, 0) is 57.1 Å². The van der Waals surface area contributed by atoms with E-state index < -0.39 is 0 Å². The second-order valence-electron chi connectivity index (χ2n) is 6.78. The largest absolute Gasteiger partial charge is 0.497 e. The van der Waals surface area contributed by atoms with Crippen molar-refractivity contribution in [3.63, 3.8) is 0 Å². The SMILES string of the molecule is COc1ccc2cc(CN(C)C(=O)CSc3nnnn3Cc3ccco3)ccc2c1. The van der Waals surface area contributed by atoms with E-state index in [-0.39, 0.29) is 11.7 Å². The van der Waals surface area contributed by atoms with Crippen molar-refractivity contribution in [3.8, 4) is 5.75 Å². The smallest absolute Gasteiger partial charge is 0.233 e. The molecular weight excluding hydrogens is 402 g/mol. The summed E-state index contributed by atoms with van der Waals surface area (Å²) in [6.45, 7) is 0.951. The van der Waals surface area contributed by atoms with Gasteiger partial charge in [-0.15, -0.1) is 5.10 Å². The zero-order valence-corrected chi connectivity index (χ0v) is 17.5. The zero-order chi connectivity index (χ0) is 20.9. The number of furan rings is 1. The molecule has 154 valence electrons. The Morgan fingerprint density at radius 3 is 2.83 bits per heavy atom.